The summed E-state index contributed by atoms with van der Waals surface area (Å²) >= 11 is 0. The Bertz CT molecular complexity index is 1010. The molecule has 3 saturated heterocycles. The Balaban J connectivity index is 1.21. The number of aromatic nitrogens is 2. The normalized spacial score (nSPS) is 21.8. The fourth-order valence-electron chi connectivity index (χ4n) is 5.69. The van der Waals surface area contributed by atoms with Crippen molar-refractivity contribution >= 4 is 23.0 Å². The summed E-state index contributed by atoms with van der Waals surface area (Å²) in [5.41, 5.74) is 4.15. The summed E-state index contributed by atoms with van der Waals surface area (Å²) < 4.78 is 11.9. The molecule has 0 amide bonds. The van der Waals surface area contributed by atoms with Gasteiger partial charge < -0.3 is 29.9 Å². The first-order valence-electron chi connectivity index (χ1n) is 12.7. The lowest BCUT2D eigenvalue weighted by Crippen LogP contribution is -2.52. The summed E-state index contributed by atoms with van der Waals surface area (Å²) in [5.74, 6) is 2.72. The van der Waals surface area contributed by atoms with Gasteiger partial charge in [-0.1, -0.05) is 0 Å². The van der Waals surface area contributed by atoms with Crippen LogP contribution in [0.15, 0.2) is 18.3 Å². The van der Waals surface area contributed by atoms with Gasteiger partial charge in [-0.05, 0) is 25.8 Å². The van der Waals surface area contributed by atoms with Gasteiger partial charge in [0.05, 0.1) is 30.2 Å². The van der Waals surface area contributed by atoms with E-state index in [2.05, 4.69) is 42.5 Å². The molecule has 6 rings (SSSR count). The zero-order chi connectivity index (χ0) is 22.9. The number of nitrogens with one attached hydrogen (secondary N) is 2. The maximum absolute atomic E-state index is 6.32. The number of aryl methyl sites for hydroxylation is 1. The quantitative estimate of drug-likeness (QED) is 0.709. The molecule has 0 saturated carbocycles. The number of fused-ring (bicyclic) bond motifs is 2. The van der Waals surface area contributed by atoms with Crippen molar-refractivity contribution in [2.24, 2.45) is 0 Å². The number of pyridine rings is 2. The first-order chi connectivity index (χ1) is 16.8. The van der Waals surface area contributed by atoms with Crippen LogP contribution in [0.3, 0.4) is 0 Å². The minimum atomic E-state index is 0.480. The standard InChI is InChI=1S/C25H35N7O2/c1-18-24-21(16-23(28-18)32-8-3-19(4-9-32)30-10-6-26-7-11-30)29-25-20(17-34-24)22(2-5-27-25)31-12-14-33-15-13-31/h2,5,16,19,26H,3-4,6-15,17H2,1H3,(H,27,29). The number of morpholine rings is 1. The summed E-state index contributed by atoms with van der Waals surface area (Å²) in [4.78, 5) is 17.1. The molecule has 0 radical (unpaired) electrons. The van der Waals surface area contributed by atoms with Gasteiger partial charge in [-0.3, -0.25) is 4.90 Å². The van der Waals surface area contributed by atoms with E-state index >= 15 is 0 Å². The molecule has 4 aliphatic heterocycles. The van der Waals surface area contributed by atoms with E-state index in [0.717, 1.165) is 86.8 Å². The number of ether oxygens (including phenoxy) is 2. The third kappa shape index (κ3) is 4.28. The van der Waals surface area contributed by atoms with Crippen LogP contribution in [0.5, 0.6) is 5.75 Å². The highest BCUT2D eigenvalue weighted by molar-refractivity contribution is 5.75. The van der Waals surface area contributed by atoms with Gasteiger partial charge in [0.25, 0.3) is 0 Å². The summed E-state index contributed by atoms with van der Waals surface area (Å²) in [7, 11) is 0. The molecule has 2 N–H and O–H groups in total. The molecular formula is C25H35N7O2. The van der Waals surface area contributed by atoms with E-state index in [4.69, 9.17) is 14.5 Å². The molecule has 4 aliphatic rings. The van der Waals surface area contributed by atoms with Crippen LogP contribution < -0.4 is 25.2 Å². The lowest BCUT2D eigenvalue weighted by Gasteiger charge is -2.40. The fraction of sp³-hybridized carbons (Fsp3) is 0.600. The van der Waals surface area contributed by atoms with Crippen LogP contribution in [0.1, 0.15) is 24.1 Å². The average molecular weight is 466 g/mol. The van der Waals surface area contributed by atoms with E-state index in [0.29, 0.717) is 12.6 Å². The van der Waals surface area contributed by atoms with Crippen LogP contribution in [-0.4, -0.2) is 86.5 Å². The van der Waals surface area contributed by atoms with E-state index in [-0.39, 0.29) is 0 Å². The highest BCUT2D eigenvalue weighted by Crippen LogP contribution is 2.40. The van der Waals surface area contributed by atoms with E-state index in [1.807, 2.05) is 13.1 Å². The number of nitrogens with zero attached hydrogens (tertiary/aromatic N) is 5. The molecule has 0 aliphatic carbocycles. The van der Waals surface area contributed by atoms with Gasteiger partial charge in [-0.2, -0.15) is 0 Å². The highest BCUT2D eigenvalue weighted by Gasteiger charge is 2.28. The minimum Gasteiger partial charge on any atom is -0.485 e. The monoisotopic (exact) mass is 465 g/mol. The van der Waals surface area contributed by atoms with Gasteiger partial charge in [-0.15, -0.1) is 0 Å². The first-order valence-corrected chi connectivity index (χ1v) is 12.7. The number of anilines is 4. The van der Waals surface area contributed by atoms with Crippen LogP contribution in [-0.2, 0) is 11.3 Å². The molecular weight excluding hydrogens is 430 g/mol. The molecule has 2 aromatic heterocycles. The Labute approximate surface area is 201 Å². The predicted octanol–water partition coefficient (Wildman–Crippen LogP) is 2.13. The topological polar surface area (TPSA) is 78.0 Å². The molecule has 34 heavy (non-hydrogen) atoms. The molecule has 0 atom stereocenters. The maximum Gasteiger partial charge on any atom is 0.164 e. The molecule has 9 heteroatoms. The Morgan fingerprint density at radius 1 is 1.00 bits per heavy atom. The van der Waals surface area contributed by atoms with Gasteiger partial charge in [0.2, 0.25) is 0 Å². The zero-order valence-corrected chi connectivity index (χ0v) is 20.1. The molecule has 0 bridgehead atoms. The highest BCUT2D eigenvalue weighted by atomic mass is 16.5. The summed E-state index contributed by atoms with van der Waals surface area (Å²) in [6, 6.07) is 4.92. The van der Waals surface area contributed by atoms with Crippen LogP contribution in [0.25, 0.3) is 0 Å². The second-order valence-electron chi connectivity index (χ2n) is 9.62. The number of hydrogen-bond acceptors (Lipinski definition) is 9. The van der Waals surface area contributed by atoms with E-state index in [1.165, 1.54) is 31.6 Å². The largest absolute Gasteiger partial charge is 0.485 e. The van der Waals surface area contributed by atoms with Gasteiger partial charge in [-0.25, -0.2) is 9.97 Å². The van der Waals surface area contributed by atoms with E-state index in [1.54, 1.807) is 0 Å². The molecule has 6 heterocycles. The van der Waals surface area contributed by atoms with Crippen LogP contribution in [0.4, 0.5) is 23.0 Å². The van der Waals surface area contributed by atoms with Crippen LogP contribution >= 0.6 is 0 Å². The van der Waals surface area contributed by atoms with E-state index < -0.39 is 0 Å². The molecule has 9 nitrogen and oxygen atoms in total. The zero-order valence-electron chi connectivity index (χ0n) is 20.1. The fourth-order valence-corrected chi connectivity index (χ4v) is 5.69. The average Bonchev–Trinajstić information content (AvgIpc) is 3.09. The second kappa shape index (κ2) is 9.56. The minimum absolute atomic E-state index is 0.480. The lowest BCUT2D eigenvalue weighted by molar-refractivity contribution is 0.122. The SMILES string of the molecule is Cc1nc(N2CCC(N3CCNCC3)CC2)cc2c1OCc1c(N3CCOCC3)ccnc1N2. The summed E-state index contributed by atoms with van der Waals surface area (Å²) in [6.07, 6.45) is 4.27. The molecule has 182 valence electrons. The smallest absolute Gasteiger partial charge is 0.164 e. The summed E-state index contributed by atoms with van der Waals surface area (Å²) in [6.45, 7) is 12.4. The van der Waals surface area contributed by atoms with Gasteiger partial charge >= 0.3 is 0 Å². The van der Waals surface area contributed by atoms with Gasteiger partial charge in [0.1, 0.15) is 18.2 Å². The summed E-state index contributed by atoms with van der Waals surface area (Å²) in [5, 5.41) is 7.05. The third-order valence-electron chi connectivity index (χ3n) is 7.58. The Kier molecular flexibility index (Phi) is 6.15. The Morgan fingerprint density at radius 3 is 2.59 bits per heavy atom. The van der Waals surface area contributed by atoms with Crippen molar-refractivity contribution in [3.63, 3.8) is 0 Å². The van der Waals surface area contributed by atoms with Gasteiger partial charge in [0, 0.05) is 76.4 Å². The van der Waals surface area contributed by atoms with Crippen molar-refractivity contribution in [1.29, 1.82) is 0 Å². The number of hydrogen-bond donors (Lipinski definition) is 2. The lowest BCUT2D eigenvalue weighted by atomic mass is 10.0. The number of piperidine rings is 1. The van der Waals surface area contributed by atoms with E-state index in [9.17, 15) is 0 Å². The molecule has 0 aromatic carbocycles. The van der Waals surface area contributed by atoms with Crippen molar-refractivity contribution in [2.75, 3.05) is 80.7 Å². The first kappa shape index (κ1) is 21.9. The molecule has 0 spiro atoms. The Hall–Kier alpha value is -2.62. The van der Waals surface area contributed by atoms with Crippen LogP contribution in [0.2, 0.25) is 0 Å². The van der Waals surface area contributed by atoms with Crippen molar-refractivity contribution in [2.45, 2.75) is 32.4 Å². The van der Waals surface area contributed by atoms with Crippen molar-refractivity contribution < 1.29 is 9.47 Å². The maximum atomic E-state index is 6.32. The van der Waals surface area contributed by atoms with Crippen molar-refractivity contribution in [3.05, 3.63) is 29.6 Å². The molecule has 2 aromatic rings. The third-order valence-corrected chi connectivity index (χ3v) is 7.58. The van der Waals surface area contributed by atoms with Crippen LogP contribution in [0, 0.1) is 6.92 Å². The second-order valence-corrected chi connectivity index (χ2v) is 9.62. The Morgan fingerprint density at radius 2 is 1.79 bits per heavy atom. The predicted molar refractivity (Wildman–Crippen MR) is 134 cm³/mol. The number of rotatable bonds is 3. The molecule has 3 fully saturated rings. The molecule has 0 unspecified atom stereocenters. The van der Waals surface area contributed by atoms with Crippen molar-refractivity contribution in [3.8, 4) is 5.75 Å². The van der Waals surface area contributed by atoms with Crippen molar-refractivity contribution in [1.82, 2.24) is 20.2 Å². The number of piperazine rings is 1. The van der Waals surface area contributed by atoms with Gasteiger partial charge in [0.15, 0.2) is 5.75 Å².